The second-order valence-electron chi connectivity index (χ2n) is 7.81. The lowest BCUT2D eigenvalue weighted by atomic mass is 10.0. The van der Waals surface area contributed by atoms with Crippen LogP contribution in [-0.2, 0) is 16.0 Å². The zero-order valence-corrected chi connectivity index (χ0v) is 15.9. The predicted octanol–water partition coefficient (Wildman–Crippen LogP) is 4.61. The van der Waals surface area contributed by atoms with Gasteiger partial charge in [-0.05, 0) is 38.5 Å². The first-order chi connectivity index (χ1) is 12.8. The minimum absolute atomic E-state index is 0.00621. The second kappa shape index (κ2) is 5.98. The van der Waals surface area contributed by atoms with Crippen LogP contribution >= 0.6 is 0 Å². The molecule has 27 heavy (non-hydrogen) atoms. The smallest absolute Gasteiger partial charge is 0.419 e. The summed E-state index contributed by atoms with van der Waals surface area (Å²) in [5.74, 6) is -0.00621. The minimum atomic E-state index is -0.619. The predicted molar refractivity (Wildman–Crippen MR) is 106 cm³/mol. The van der Waals surface area contributed by atoms with E-state index in [9.17, 15) is 9.59 Å². The first-order valence-corrected chi connectivity index (χ1v) is 8.99. The molecule has 0 aliphatic carbocycles. The molecule has 4 rings (SSSR count). The molecule has 1 aliphatic rings. The molecule has 5 heteroatoms. The Labute approximate surface area is 158 Å². The topological polar surface area (TPSA) is 51.5 Å². The van der Waals surface area contributed by atoms with Gasteiger partial charge in [0, 0.05) is 18.0 Å². The molecule has 0 N–H and O–H groups in total. The van der Waals surface area contributed by atoms with Gasteiger partial charge in [-0.15, -0.1) is 0 Å². The summed E-state index contributed by atoms with van der Waals surface area (Å²) in [7, 11) is 1.77. The Morgan fingerprint density at radius 1 is 1.04 bits per heavy atom. The molecular weight excluding hydrogens is 340 g/mol. The zero-order chi connectivity index (χ0) is 19.3. The lowest BCUT2D eigenvalue weighted by Gasteiger charge is -2.22. The Balaban J connectivity index is 2.09. The van der Waals surface area contributed by atoms with Crippen molar-refractivity contribution in [1.29, 1.82) is 0 Å². The average Bonchev–Trinajstić information content (AvgIpc) is 2.88. The highest BCUT2D eigenvalue weighted by Crippen LogP contribution is 2.41. The fourth-order valence-electron chi connectivity index (χ4n) is 3.64. The quantitative estimate of drug-likeness (QED) is 0.587. The van der Waals surface area contributed by atoms with E-state index in [1.54, 1.807) is 16.5 Å². The van der Waals surface area contributed by atoms with Crippen LogP contribution in [0.15, 0.2) is 48.5 Å². The number of benzene rings is 2. The summed E-state index contributed by atoms with van der Waals surface area (Å²) in [5.41, 5.74) is 3.37. The van der Waals surface area contributed by atoms with Crippen LogP contribution in [0.2, 0.25) is 0 Å². The molecule has 2 heterocycles. The molecule has 1 aliphatic heterocycles. The first kappa shape index (κ1) is 17.3. The van der Waals surface area contributed by atoms with Gasteiger partial charge in [0.05, 0.1) is 23.3 Å². The van der Waals surface area contributed by atoms with Crippen LogP contribution in [0.25, 0.3) is 22.2 Å². The number of ether oxygens (including phenoxy) is 1. The van der Waals surface area contributed by atoms with Gasteiger partial charge in [0.25, 0.3) is 0 Å². The number of fused-ring (bicyclic) bond motifs is 5. The van der Waals surface area contributed by atoms with Crippen LogP contribution in [0, 0.1) is 0 Å². The Hall–Kier alpha value is -3.08. The fraction of sp³-hybridized carbons (Fsp3) is 0.273. The van der Waals surface area contributed by atoms with E-state index >= 15 is 0 Å². The van der Waals surface area contributed by atoms with Gasteiger partial charge in [-0.1, -0.05) is 36.4 Å². The van der Waals surface area contributed by atoms with Crippen molar-refractivity contribution in [3.8, 4) is 11.3 Å². The zero-order valence-electron chi connectivity index (χ0n) is 15.9. The van der Waals surface area contributed by atoms with Crippen molar-refractivity contribution in [3.63, 3.8) is 0 Å². The molecule has 0 spiro atoms. The third-order valence-electron chi connectivity index (χ3n) is 4.78. The number of likely N-dealkylation sites (N-methyl/N-ethyl adjacent to an activating group) is 1. The van der Waals surface area contributed by atoms with Crippen molar-refractivity contribution in [2.24, 2.45) is 0 Å². The molecule has 0 radical (unpaired) electrons. The summed E-state index contributed by atoms with van der Waals surface area (Å²) in [6, 6.07) is 15.3. The van der Waals surface area contributed by atoms with E-state index in [4.69, 9.17) is 4.74 Å². The van der Waals surface area contributed by atoms with Crippen LogP contribution in [0.3, 0.4) is 0 Å². The summed E-state index contributed by atoms with van der Waals surface area (Å²) in [6.45, 7) is 5.54. The van der Waals surface area contributed by atoms with Crippen LogP contribution in [0.1, 0.15) is 26.3 Å². The molecule has 1 amide bonds. The Morgan fingerprint density at radius 2 is 1.70 bits per heavy atom. The van der Waals surface area contributed by atoms with Gasteiger partial charge in [-0.3, -0.25) is 4.79 Å². The largest absolute Gasteiger partial charge is 0.443 e. The SMILES string of the molecule is CN1C(=O)Cc2c(n(C(=O)OC(C)(C)C)c3ccccc23)-c2ccccc21. The van der Waals surface area contributed by atoms with Gasteiger partial charge in [0.1, 0.15) is 5.60 Å². The summed E-state index contributed by atoms with van der Waals surface area (Å²) >= 11 is 0. The number of carbonyl (C=O) groups is 2. The standard InChI is InChI=1S/C22H22N2O3/c1-22(2,3)27-21(26)24-18-12-8-5-9-14(18)16-13-19(25)23(4)17-11-7-6-10-15(17)20(16)24/h5-12H,13H2,1-4H3. The normalized spacial score (nSPS) is 13.9. The first-order valence-electron chi connectivity index (χ1n) is 8.99. The monoisotopic (exact) mass is 362 g/mol. The number of hydrogen-bond acceptors (Lipinski definition) is 3. The minimum Gasteiger partial charge on any atom is -0.443 e. The molecule has 0 unspecified atom stereocenters. The van der Waals surface area contributed by atoms with Crippen LogP contribution < -0.4 is 4.90 Å². The van der Waals surface area contributed by atoms with E-state index in [1.807, 2.05) is 69.3 Å². The van der Waals surface area contributed by atoms with Crippen molar-refractivity contribution in [1.82, 2.24) is 4.57 Å². The molecule has 1 aromatic heterocycles. The summed E-state index contributed by atoms with van der Waals surface area (Å²) in [4.78, 5) is 27.6. The van der Waals surface area contributed by atoms with Crippen LogP contribution in [-0.4, -0.2) is 29.2 Å². The molecule has 0 fully saturated rings. The van der Waals surface area contributed by atoms with Gasteiger partial charge < -0.3 is 9.64 Å². The number of rotatable bonds is 0. The highest BCUT2D eigenvalue weighted by Gasteiger charge is 2.32. The van der Waals surface area contributed by atoms with Crippen molar-refractivity contribution in [2.75, 3.05) is 11.9 Å². The molecule has 5 nitrogen and oxygen atoms in total. The van der Waals surface area contributed by atoms with Crippen molar-refractivity contribution < 1.29 is 14.3 Å². The maximum Gasteiger partial charge on any atom is 0.419 e. The summed E-state index contributed by atoms with van der Waals surface area (Å²) in [6.07, 6.45) is -0.205. The van der Waals surface area contributed by atoms with Crippen molar-refractivity contribution in [2.45, 2.75) is 32.8 Å². The molecule has 0 saturated carbocycles. The molecular formula is C22H22N2O3. The van der Waals surface area contributed by atoms with E-state index < -0.39 is 11.7 Å². The average molecular weight is 362 g/mol. The Bertz CT molecular complexity index is 1070. The summed E-state index contributed by atoms with van der Waals surface area (Å²) < 4.78 is 7.30. The summed E-state index contributed by atoms with van der Waals surface area (Å²) in [5, 5.41) is 0.900. The van der Waals surface area contributed by atoms with E-state index in [2.05, 4.69) is 0 Å². The molecule has 0 atom stereocenters. The Morgan fingerprint density at radius 3 is 2.44 bits per heavy atom. The van der Waals surface area contributed by atoms with Gasteiger partial charge in [-0.2, -0.15) is 0 Å². The van der Waals surface area contributed by atoms with Gasteiger partial charge in [-0.25, -0.2) is 9.36 Å². The van der Waals surface area contributed by atoms with E-state index in [0.717, 1.165) is 33.4 Å². The van der Waals surface area contributed by atoms with Gasteiger partial charge in [0.2, 0.25) is 5.91 Å². The molecule has 3 aromatic rings. The molecule has 2 aromatic carbocycles. The third-order valence-corrected chi connectivity index (χ3v) is 4.78. The number of carbonyl (C=O) groups excluding carboxylic acids is 2. The molecule has 0 bridgehead atoms. The highest BCUT2D eigenvalue weighted by atomic mass is 16.6. The van der Waals surface area contributed by atoms with Gasteiger partial charge >= 0.3 is 6.09 Å². The van der Waals surface area contributed by atoms with Crippen molar-refractivity contribution >= 4 is 28.6 Å². The number of nitrogens with zero attached hydrogens (tertiary/aromatic N) is 2. The number of amides is 1. The van der Waals surface area contributed by atoms with Crippen LogP contribution in [0.5, 0.6) is 0 Å². The maximum absolute atomic E-state index is 13.1. The van der Waals surface area contributed by atoms with Crippen molar-refractivity contribution in [3.05, 3.63) is 54.1 Å². The number of aromatic nitrogens is 1. The van der Waals surface area contributed by atoms with E-state index in [-0.39, 0.29) is 12.3 Å². The van der Waals surface area contributed by atoms with E-state index in [1.165, 1.54) is 0 Å². The maximum atomic E-state index is 13.1. The van der Waals surface area contributed by atoms with E-state index in [0.29, 0.717) is 0 Å². The molecule has 138 valence electrons. The molecule has 0 saturated heterocycles. The van der Waals surface area contributed by atoms with Gasteiger partial charge in [0.15, 0.2) is 0 Å². The Kier molecular flexibility index (Phi) is 3.84. The number of para-hydroxylation sites is 2. The lowest BCUT2D eigenvalue weighted by molar-refractivity contribution is -0.117. The highest BCUT2D eigenvalue weighted by molar-refractivity contribution is 6.09. The lowest BCUT2D eigenvalue weighted by Crippen LogP contribution is -2.27. The number of anilines is 1. The van der Waals surface area contributed by atoms with Crippen LogP contribution in [0.4, 0.5) is 10.5 Å². The fourth-order valence-corrected chi connectivity index (χ4v) is 3.64. The second-order valence-corrected chi connectivity index (χ2v) is 7.81. The third kappa shape index (κ3) is 2.79. The number of hydrogen-bond donors (Lipinski definition) is 0.